The molecule has 9 heteroatoms. The molecule has 0 aliphatic carbocycles. The molecule has 0 atom stereocenters. The highest BCUT2D eigenvalue weighted by molar-refractivity contribution is 7.92. The summed E-state index contributed by atoms with van der Waals surface area (Å²) in [5.41, 5.74) is 2.19. The third kappa shape index (κ3) is 4.09. The number of sulfonamides is 1. The van der Waals surface area contributed by atoms with E-state index < -0.39 is 15.8 Å². The first-order chi connectivity index (χ1) is 13.7. The Morgan fingerprint density at radius 1 is 1.03 bits per heavy atom. The molecule has 0 aliphatic rings. The normalized spacial score (nSPS) is 11.7. The van der Waals surface area contributed by atoms with Crippen molar-refractivity contribution in [2.45, 2.75) is 11.8 Å². The van der Waals surface area contributed by atoms with Gasteiger partial charge in [-0.2, -0.15) is 0 Å². The predicted octanol–water partition coefficient (Wildman–Crippen LogP) is 6.52. The molecule has 0 unspecified atom stereocenters. The number of fused-ring (bicyclic) bond motifs is 1. The lowest BCUT2D eigenvalue weighted by atomic mass is 10.2. The number of anilines is 1. The van der Waals surface area contributed by atoms with Crippen molar-refractivity contribution in [1.29, 1.82) is 0 Å². The van der Waals surface area contributed by atoms with E-state index in [1.807, 2.05) is 12.1 Å². The summed E-state index contributed by atoms with van der Waals surface area (Å²) in [6, 6.07) is 13.8. The average molecular weight is 467 g/mol. The number of nitrogens with one attached hydrogen (secondary N) is 1. The summed E-state index contributed by atoms with van der Waals surface area (Å²) in [6.45, 7) is 1.60. The van der Waals surface area contributed by atoms with Gasteiger partial charge in [0.05, 0.1) is 25.8 Å². The van der Waals surface area contributed by atoms with Crippen LogP contribution in [0.5, 0.6) is 0 Å². The van der Waals surface area contributed by atoms with Gasteiger partial charge in [-0.05, 0) is 61.0 Å². The second-order valence-corrected chi connectivity index (χ2v) is 9.87. The number of aryl methyl sites for hydroxylation is 1. The van der Waals surface area contributed by atoms with Gasteiger partial charge in [-0.3, -0.25) is 4.72 Å². The first-order valence-electron chi connectivity index (χ1n) is 8.38. The van der Waals surface area contributed by atoms with Crippen molar-refractivity contribution in [2.75, 3.05) is 4.72 Å². The van der Waals surface area contributed by atoms with Crippen LogP contribution in [-0.4, -0.2) is 13.4 Å². The Balaban J connectivity index is 1.67. The molecule has 4 nitrogen and oxygen atoms in total. The molecule has 0 radical (unpaired) electrons. The van der Waals surface area contributed by atoms with Crippen molar-refractivity contribution < 1.29 is 12.8 Å². The highest BCUT2D eigenvalue weighted by Crippen LogP contribution is 2.36. The second kappa shape index (κ2) is 7.57. The van der Waals surface area contributed by atoms with Crippen LogP contribution in [0.25, 0.3) is 20.8 Å². The smallest absolute Gasteiger partial charge is 0.262 e. The van der Waals surface area contributed by atoms with Crippen molar-refractivity contribution in [2.24, 2.45) is 0 Å². The van der Waals surface area contributed by atoms with Crippen LogP contribution < -0.4 is 4.72 Å². The van der Waals surface area contributed by atoms with Gasteiger partial charge >= 0.3 is 0 Å². The molecule has 0 aliphatic heterocycles. The number of thiazole rings is 1. The van der Waals surface area contributed by atoms with Crippen LogP contribution in [0.15, 0.2) is 59.5 Å². The summed E-state index contributed by atoms with van der Waals surface area (Å²) >= 11 is 13.9. The van der Waals surface area contributed by atoms with Crippen molar-refractivity contribution in [1.82, 2.24) is 4.98 Å². The van der Waals surface area contributed by atoms with Gasteiger partial charge in [0, 0.05) is 10.6 Å². The first-order valence-corrected chi connectivity index (χ1v) is 11.4. The van der Waals surface area contributed by atoms with Crippen molar-refractivity contribution >= 4 is 60.5 Å². The zero-order valence-electron chi connectivity index (χ0n) is 14.9. The van der Waals surface area contributed by atoms with E-state index in [4.69, 9.17) is 23.2 Å². The van der Waals surface area contributed by atoms with Gasteiger partial charge in [0.25, 0.3) is 10.0 Å². The minimum Gasteiger partial charge on any atom is -0.280 e. The van der Waals surface area contributed by atoms with Crippen molar-refractivity contribution in [3.8, 4) is 10.6 Å². The predicted molar refractivity (Wildman–Crippen MR) is 117 cm³/mol. The summed E-state index contributed by atoms with van der Waals surface area (Å²) in [5.74, 6) is -0.625. The molecule has 148 valence electrons. The minimum absolute atomic E-state index is 0.124. The third-order valence-corrected chi connectivity index (χ3v) is 7.36. The number of nitrogens with zero attached hydrogens (tertiary/aromatic N) is 1. The van der Waals surface area contributed by atoms with E-state index in [1.165, 1.54) is 29.5 Å². The summed E-state index contributed by atoms with van der Waals surface area (Å²) < 4.78 is 42.2. The molecular weight excluding hydrogens is 454 g/mol. The van der Waals surface area contributed by atoms with Crippen LogP contribution in [0, 0.1) is 12.7 Å². The van der Waals surface area contributed by atoms with Gasteiger partial charge < -0.3 is 0 Å². The molecule has 4 aromatic rings. The third-order valence-electron chi connectivity index (χ3n) is 4.24. The van der Waals surface area contributed by atoms with Gasteiger partial charge in [0.1, 0.15) is 10.8 Å². The molecule has 0 saturated carbocycles. The number of aromatic nitrogens is 1. The second-order valence-electron chi connectivity index (χ2n) is 6.34. The van der Waals surface area contributed by atoms with Gasteiger partial charge in [0.15, 0.2) is 0 Å². The maximum absolute atomic E-state index is 13.5. The molecule has 29 heavy (non-hydrogen) atoms. The van der Waals surface area contributed by atoms with Crippen LogP contribution in [0.4, 0.5) is 10.1 Å². The van der Waals surface area contributed by atoms with Gasteiger partial charge in [-0.25, -0.2) is 17.8 Å². The lowest BCUT2D eigenvalue weighted by Gasteiger charge is -2.11. The van der Waals surface area contributed by atoms with E-state index in [1.54, 1.807) is 25.1 Å². The van der Waals surface area contributed by atoms with Crippen LogP contribution in [-0.2, 0) is 10.0 Å². The van der Waals surface area contributed by atoms with Gasteiger partial charge in [-0.1, -0.05) is 29.3 Å². The Hall–Kier alpha value is -2.19. The first kappa shape index (κ1) is 20.1. The van der Waals surface area contributed by atoms with E-state index in [9.17, 15) is 12.8 Å². The standard InChI is InChI=1S/C20H13Cl2FN2O2S2/c1-11-2-4-13(23)9-19(11)29(26,27)25-14-5-6-15(16(22)10-14)20-24-17-7-3-12(21)8-18(17)28-20/h2-10,25H,1H3. The zero-order chi connectivity index (χ0) is 20.8. The number of benzene rings is 3. The molecule has 3 aromatic carbocycles. The Morgan fingerprint density at radius 3 is 2.59 bits per heavy atom. The van der Waals surface area contributed by atoms with E-state index in [0.29, 0.717) is 26.2 Å². The molecule has 1 aromatic heterocycles. The van der Waals surface area contributed by atoms with Crippen molar-refractivity contribution in [3.63, 3.8) is 0 Å². The maximum atomic E-state index is 13.5. The summed E-state index contributed by atoms with van der Waals surface area (Å²) in [7, 11) is -3.96. The Kier molecular flexibility index (Phi) is 5.25. The Morgan fingerprint density at radius 2 is 1.83 bits per heavy atom. The number of rotatable bonds is 4. The van der Waals surface area contributed by atoms with E-state index in [-0.39, 0.29) is 10.6 Å². The molecule has 0 fully saturated rings. The Labute approximate surface area is 181 Å². The highest BCUT2D eigenvalue weighted by Gasteiger charge is 2.19. The number of hydrogen-bond acceptors (Lipinski definition) is 4. The average Bonchev–Trinajstić information content (AvgIpc) is 3.06. The number of hydrogen-bond donors (Lipinski definition) is 1. The molecule has 0 bridgehead atoms. The van der Waals surface area contributed by atoms with Gasteiger partial charge in [-0.15, -0.1) is 11.3 Å². The molecule has 4 rings (SSSR count). The minimum atomic E-state index is -3.96. The largest absolute Gasteiger partial charge is 0.280 e. The fourth-order valence-electron chi connectivity index (χ4n) is 2.84. The zero-order valence-corrected chi connectivity index (χ0v) is 18.1. The van der Waals surface area contributed by atoms with Gasteiger partial charge in [0.2, 0.25) is 0 Å². The van der Waals surface area contributed by atoms with E-state index >= 15 is 0 Å². The topological polar surface area (TPSA) is 59.1 Å². The molecule has 0 amide bonds. The summed E-state index contributed by atoms with van der Waals surface area (Å²) in [6.07, 6.45) is 0. The summed E-state index contributed by atoms with van der Waals surface area (Å²) in [5, 5.41) is 1.66. The monoisotopic (exact) mass is 466 g/mol. The number of halogens is 3. The van der Waals surface area contributed by atoms with Crippen LogP contribution in [0.1, 0.15) is 5.56 Å². The lowest BCUT2D eigenvalue weighted by molar-refractivity contribution is 0.594. The van der Waals surface area contributed by atoms with Crippen molar-refractivity contribution in [3.05, 3.63) is 76.0 Å². The maximum Gasteiger partial charge on any atom is 0.262 e. The Bertz CT molecular complexity index is 1350. The van der Waals surface area contributed by atoms with Crippen LogP contribution >= 0.6 is 34.5 Å². The molecule has 0 saturated heterocycles. The van der Waals surface area contributed by atoms with Crippen LogP contribution in [0.2, 0.25) is 10.0 Å². The highest BCUT2D eigenvalue weighted by atomic mass is 35.5. The quantitative estimate of drug-likeness (QED) is 0.372. The molecule has 0 spiro atoms. The molecule has 1 N–H and O–H groups in total. The van der Waals surface area contributed by atoms with E-state index in [0.717, 1.165) is 16.3 Å². The fourth-order valence-corrected chi connectivity index (χ4v) is 5.75. The SMILES string of the molecule is Cc1ccc(F)cc1S(=O)(=O)Nc1ccc(-c2nc3ccc(Cl)cc3s2)c(Cl)c1. The van der Waals surface area contributed by atoms with Crippen LogP contribution in [0.3, 0.4) is 0 Å². The molecular formula is C20H13Cl2FN2O2S2. The molecule has 1 heterocycles. The summed E-state index contributed by atoms with van der Waals surface area (Å²) in [4.78, 5) is 4.43. The van der Waals surface area contributed by atoms with E-state index in [2.05, 4.69) is 9.71 Å². The fraction of sp³-hybridized carbons (Fsp3) is 0.0500. The lowest BCUT2D eigenvalue weighted by Crippen LogP contribution is -2.14.